The van der Waals surface area contributed by atoms with Crippen molar-refractivity contribution in [3.05, 3.63) is 66.2 Å². The van der Waals surface area contributed by atoms with Crippen LogP contribution in [0.4, 0.5) is 0 Å². The minimum absolute atomic E-state index is 0.135. The summed E-state index contributed by atoms with van der Waals surface area (Å²) in [6.45, 7) is 14.3. The van der Waals surface area contributed by atoms with E-state index in [0.29, 0.717) is 0 Å². The molecule has 0 fully saturated rings. The first kappa shape index (κ1) is 17.7. The summed E-state index contributed by atoms with van der Waals surface area (Å²) in [5, 5.41) is 12.8. The first-order valence-corrected chi connectivity index (χ1v) is 13.8. The fraction of sp³-hybridized carbons (Fsp3) is 0.259. The third-order valence-electron chi connectivity index (χ3n) is 6.27. The molecule has 5 aromatic carbocycles. The van der Waals surface area contributed by atoms with Gasteiger partial charge in [-0.1, -0.05) is 100 Å². The zero-order valence-corrected chi connectivity index (χ0v) is 18.8. The van der Waals surface area contributed by atoms with Crippen LogP contribution in [0.1, 0.15) is 26.3 Å². The quantitative estimate of drug-likeness (QED) is 0.160. The fourth-order valence-electron chi connectivity index (χ4n) is 4.60. The third-order valence-corrected chi connectivity index (χ3v) is 8.29. The van der Waals surface area contributed by atoms with Gasteiger partial charge in [0.15, 0.2) is 0 Å². The Morgan fingerprint density at radius 2 is 1.14 bits per heavy atom. The lowest BCUT2D eigenvalue weighted by molar-refractivity contribution is 0.592. The molecule has 0 aromatic heterocycles. The monoisotopic (exact) mass is 380 g/mol. The maximum Gasteiger partial charge on any atom is 0.0776 e. The average Bonchev–Trinajstić information content (AvgIpc) is 2.63. The van der Waals surface area contributed by atoms with E-state index >= 15 is 0 Å². The minimum Gasteiger partial charge on any atom is -0.0656 e. The largest absolute Gasteiger partial charge is 0.0776 e. The number of benzene rings is 5. The molecular formula is C27H28Si. The number of rotatable bonds is 1. The predicted molar refractivity (Wildman–Crippen MR) is 129 cm³/mol. The van der Waals surface area contributed by atoms with E-state index in [4.69, 9.17) is 0 Å². The molecule has 0 N–H and O–H groups in total. The first-order chi connectivity index (χ1) is 13.1. The Morgan fingerprint density at radius 3 is 1.68 bits per heavy atom. The molecule has 0 aliphatic heterocycles. The highest BCUT2D eigenvalue weighted by Crippen LogP contribution is 2.41. The smallest absolute Gasteiger partial charge is 0.0656 e. The lowest BCUT2D eigenvalue weighted by Crippen LogP contribution is -2.37. The van der Waals surface area contributed by atoms with Crippen molar-refractivity contribution >= 4 is 56.4 Å². The van der Waals surface area contributed by atoms with Crippen LogP contribution in [0, 0.1) is 0 Å². The van der Waals surface area contributed by atoms with Crippen LogP contribution in [-0.4, -0.2) is 8.07 Å². The Balaban J connectivity index is 2.08. The summed E-state index contributed by atoms with van der Waals surface area (Å²) in [7, 11) is -1.40. The number of hydrogen-bond donors (Lipinski definition) is 0. The van der Waals surface area contributed by atoms with Crippen LogP contribution in [0.3, 0.4) is 0 Å². The molecule has 0 bridgehead atoms. The molecule has 0 saturated carbocycles. The second-order valence-corrected chi connectivity index (χ2v) is 15.4. The maximum atomic E-state index is 2.49. The molecule has 0 radical (unpaired) electrons. The lowest BCUT2D eigenvalue weighted by Gasteiger charge is -2.23. The molecule has 0 aliphatic rings. The average molecular weight is 381 g/mol. The predicted octanol–water partition coefficient (Wildman–Crippen LogP) is 7.58. The standard InChI is InChI=1S/C27H28Si/c1-27(2,3)19-13-17-9-7-12-22-24-16-20(28(4,5)6)14-18-10-8-11-21(26(18)24)23(15-19)25(17)22/h7-16H,1-6H3. The molecule has 5 rings (SSSR count). The number of hydrogen-bond acceptors (Lipinski definition) is 0. The van der Waals surface area contributed by atoms with Gasteiger partial charge in [-0.05, 0) is 60.1 Å². The summed E-state index contributed by atoms with van der Waals surface area (Å²) in [6, 6.07) is 23.5. The second kappa shape index (κ2) is 5.58. The van der Waals surface area contributed by atoms with Crippen LogP contribution in [-0.2, 0) is 5.41 Å². The molecule has 0 unspecified atom stereocenters. The summed E-state index contributed by atoms with van der Waals surface area (Å²) in [5.74, 6) is 0. The van der Waals surface area contributed by atoms with E-state index in [1.807, 2.05) is 0 Å². The van der Waals surface area contributed by atoms with E-state index in [2.05, 4.69) is 101 Å². The molecule has 1 heteroatoms. The SMILES string of the molecule is CC(C)(C)c1cc2cccc3c4cc([Si](C)(C)C)cc5cccc(c(c1)c23)c54. The molecule has 140 valence electrons. The van der Waals surface area contributed by atoms with Gasteiger partial charge in [0.25, 0.3) is 0 Å². The zero-order chi connectivity index (χ0) is 19.8. The van der Waals surface area contributed by atoms with Crippen molar-refractivity contribution in [2.45, 2.75) is 45.8 Å². The Morgan fingerprint density at radius 1 is 0.607 bits per heavy atom. The van der Waals surface area contributed by atoms with Gasteiger partial charge in [0, 0.05) is 0 Å². The van der Waals surface area contributed by atoms with E-state index in [-0.39, 0.29) is 5.41 Å². The van der Waals surface area contributed by atoms with E-state index in [1.54, 1.807) is 5.19 Å². The molecule has 5 aromatic rings. The zero-order valence-electron chi connectivity index (χ0n) is 17.8. The normalized spacial score (nSPS) is 13.4. The van der Waals surface area contributed by atoms with E-state index in [9.17, 15) is 0 Å². The molecule has 0 aliphatic carbocycles. The maximum absolute atomic E-state index is 2.49. The highest BCUT2D eigenvalue weighted by molar-refractivity contribution is 6.89. The molecule has 0 saturated heterocycles. The van der Waals surface area contributed by atoms with Crippen LogP contribution in [0.15, 0.2) is 60.7 Å². The Labute approximate surface area is 168 Å². The van der Waals surface area contributed by atoms with Crippen LogP contribution in [0.2, 0.25) is 19.6 Å². The van der Waals surface area contributed by atoms with Gasteiger partial charge in [0.05, 0.1) is 8.07 Å². The van der Waals surface area contributed by atoms with Crippen molar-refractivity contribution in [3.63, 3.8) is 0 Å². The van der Waals surface area contributed by atoms with Gasteiger partial charge < -0.3 is 0 Å². The van der Waals surface area contributed by atoms with Crippen molar-refractivity contribution in [1.82, 2.24) is 0 Å². The molecule has 0 amide bonds. The topological polar surface area (TPSA) is 0 Å². The molecule has 0 spiro atoms. The van der Waals surface area contributed by atoms with Crippen molar-refractivity contribution in [2.24, 2.45) is 0 Å². The summed E-state index contributed by atoms with van der Waals surface area (Å²) in [6.07, 6.45) is 0. The first-order valence-electron chi connectivity index (χ1n) is 10.3. The van der Waals surface area contributed by atoms with Gasteiger partial charge >= 0.3 is 0 Å². The lowest BCUT2D eigenvalue weighted by atomic mass is 9.82. The van der Waals surface area contributed by atoms with Gasteiger partial charge in [0.2, 0.25) is 0 Å². The Kier molecular flexibility index (Phi) is 3.53. The summed E-state index contributed by atoms with van der Waals surface area (Å²) >= 11 is 0. The summed E-state index contributed by atoms with van der Waals surface area (Å²) in [4.78, 5) is 0. The van der Waals surface area contributed by atoms with Gasteiger partial charge in [-0.3, -0.25) is 0 Å². The van der Waals surface area contributed by atoms with Gasteiger partial charge in [-0.15, -0.1) is 0 Å². The van der Waals surface area contributed by atoms with Crippen LogP contribution in [0.5, 0.6) is 0 Å². The second-order valence-electron chi connectivity index (χ2n) is 10.4. The summed E-state index contributed by atoms with van der Waals surface area (Å²) in [5.41, 5.74) is 1.54. The van der Waals surface area contributed by atoms with Gasteiger partial charge in [0.1, 0.15) is 0 Å². The van der Waals surface area contributed by atoms with Crippen molar-refractivity contribution in [1.29, 1.82) is 0 Å². The molecule has 28 heavy (non-hydrogen) atoms. The van der Waals surface area contributed by atoms with Gasteiger partial charge in [-0.25, -0.2) is 0 Å². The fourth-order valence-corrected chi connectivity index (χ4v) is 5.76. The van der Waals surface area contributed by atoms with Gasteiger partial charge in [-0.2, -0.15) is 0 Å². The van der Waals surface area contributed by atoms with Crippen molar-refractivity contribution in [2.75, 3.05) is 0 Å². The van der Waals surface area contributed by atoms with Crippen molar-refractivity contribution < 1.29 is 0 Å². The highest BCUT2D eigenvalue weighted by atomic mass is 28.3. The van der Waals surface area contributed by atoms with E-state index < -0.39 is 8.07 Å². The van der Waals surface area contributed by atoms with E-state index in [1.165, 1.54) is 48.7 Å². The summed E-state index contributed by atoms with van der Waals surface area (Å²) < 4.78 is 0. The van der Waals surface area contributed by atoms with Crippen LogP contribution < -0.4 is 5.19 Å². The number of fused-ring (bicyclic) bond motifs is 2. The third kappa shape index (κ3) is 2.49. The van der Waals surface area contributed by atoms with E-state index in [0.717, 1.165) is 0 Å². The molecular weight excluding hydrogens is 352 g/mol. The molecule has 0 nitrogen and oxygen atoms in total. The Bertz CT molecular complexity index is 1250. The van der Waals surface area contributed by atoms with Crippen LogP contribution >= 0.6 is 0 Å². The highest BCUT2D eigenvalue weighted by Gasteiger charge is 2.21. The Hall–Kier alpha value is -2.38. The molecule has 0 atom stereocenters. The van der Waals surface area contributed by atoms with Crippen LogP contribution in [0.25, 0.3) is 43.1 Å². The van der Waals surface area contributed by atoms with Crippen molar-refractivity contribution in [3.8, 4) is 0 Å². The molecule has 0 heterocycles. The minimum atomic E-state index is -1.40.